The van der Waals surface area contributed by atoms with Crippen molar-refractivity contribution in [3.05, 3.63) is 42.5 Å². The van der Waals surface area contributed by atoms with Gasteiger partial charge in [0.25, 0.3) is 0 Å². The van der Waals surface area contributed by atoms with E-state index in [4.69, 9.17) is 5.14 Å². The summed E-state index contributed by atoms with van der Waals surface area (Å²) in [6, 6.07) is 6.38. The Morgan fingerprint density at radius 3 is 2.53 bits per heavy atom. The van der Waals surface area contributed by atoms with Gasteiger partial charge >= 0.3 is 0 Å². The fourth-order valence-electron chi connectivity index (χ4n) is 1.77. The molecule has 0 aliphatic heterocycles. The maximum atomic E-state index is 11.2. The Kier molecular flexibility index (Phi) is 3.87. The maximum Gasteiger partial charge on any atom is 0.238 e. The first-order valence-electron chi connectivity index (χ1n) is 5.89. The highest BCUT2D eigenvalue weighted by Gasteiger charge is 2.12. The minimum Gasteiger partial charge on any atom is -0.375 e. The van der Waals surface area contributed by atoms with Crippen molar-refractivity contribution in [1.29, 1.82) is 0 Å². The number of aromatic amines is 1. The van der Waals surface area contributed by atoms with Gasteiger partial charge in [-0.3, -0.25) is 0 Å². The second-order valence-corrected chi connectivity index (χ2v) is 5.71. The number of rotatable bonds is 5. The third-order valence-electron chi connectivity index (χ3n) is 2.78. The van der Waals surface area contributed by atoms with E-state index >= 15 is 0 Å². The van der Waals surface area contributed by atoms with Crippen LogP contribution in [0.2, 0.25) is 0 Å². The van der Waals surface area contributed by atoms with Gasteiger partial charge in [-0.15, -0.1) is 0 Å². The molecule has 0 saturated heterocycles. The van der Waals surface area contributed by atoms with Crippen LogP contribution >= 0.6 is 0 Å². The lowest BCUT2D eigenvalue weighted by molar-refractivity contribution is 0.598. The Balaban J connectivity index is 2.15. The van der Waals surface area contributed by atoms with Gasteiger partial charge in [-0.05, 0) is 30.7 Å². The van der Waals surface area contributed by atoms with E-state index in [-0.39, 0.29) is 10.9 Å². The quantitative estimate of drug-likeness (QED) is 0.774. The molecule has 0 radical (unpaired) electrons. The molecule has 1 heterocycles. The molecule has 102 valence electrons. The second kappa shape index (κ2) is 5.41. The SMILES string of the molecule is CCC(Nc1ccc(S(N)(=O)=O)cc1)c1ncc[nH]1. The molecule has 1 unspecified atom stereocenters. The third kappa shape index (κ3) is 3.33. The summed E-state index contributed by atoms with van der Waals surface area (Å²) in [4.78, 5) is 7.36. The fraction of sp³-hybridized carbons (Fsp3) is 0.250. The number of anilines is 1. The molecule has 0 aliphatic carbocycles. The van der Waals surface area contributed by atoms with E-state index < -0.39 is 10.0 Å². The van der Waals surface area contributed by atoms with Gasteiger partial charge in [0.2, 0.25) is 10.0 Å². The zero-order chi connectivity index (χ0) is 13.9. The number of primary sulfonamides is 1. The molecular weight excluding hydrogens is 264 g/mol. The summed E-state index contributed by atoms with van der Waals surface area (Å²) in [6.45, 7) is 2.04. The van der Waals surface area contributed by atoms with Gasteiger partial charge in [0.05, 0.1) is 10.9 Å². The number of hydrogen-bond donors (Lipinski definition) is 3. The van der Waals surface area contributed by atoms with Crippen molar-refractivity contribution in [2.24, 2.45) is 5.14 Å². The largest absolute Gasteiger partial charge is 0.375 e. The smallest absolute Gasteiger partial charge is 0.238 e. The van der Waals surface area contributed by atoms with Gasteiger partial charge in [-0.25, -0.2) is 18.5 Å². The van der Waals surface area contributed by atoms with Gasteiger partial charge in [-0.2, -0.15) is 0 Å². The summed E-state index contributed by atoms with van der Waals surface area (Å²) < 4.78 is 22.3. The first-order chi connectivity index (χ1) is 9.00. The van der Waals surface area contributed by atoms with Gasteiger partial charge in [0.1, 0.15) is 5.82 Å². The molecule has 6 nitrogen and oxygen atoms in total. The van der Waals surface area contributed by atoms with Crippen molar-refractivity contribution in [1.82, 2.24) is 9.97 Å². The third-order valence-corrected chi connectivity index (χ3v) is 3.71. The number of imidazole rings is 1. The molecule has 4 N–H and O–H groups in total. The zero-order valence-electron chi connectivity index (χ0n) is 10.5. The Labute approximate surface area is 112 Å². The predicted molar refractivity (Wildman–Crippen MR) is 73.1 cm³/mol. The Bertz CT molecular complexity index is 620. The standard InChI is InChI=1S/C12H16N4O2S/c1-2-11(12-14-7-8-15-12)16-9-3-5-10(6-4-9)19(13,17)18/h3-8,11,16H,2H2,1H3,(H,14,15)(H2,13,17,18). The van der Waals surface area contributed by atoms with Crippen LogP contribution < -0.4 is 10.5 Å². The zero-order valence-corrected chi connectivity index (χ0v) is 11.3. The van der Waals surface area contributed by atoms with Crippen molar-refractivity contribution in [3.8, 4) is 0 Å². The van der Waals surface area contributed by atoms with Gasteiger partial charge in [-0.1, -0.05) is 6.92 Å². The predicted octanol–water partition coefficient (Wildman–Crippen LogP) is 1.62. The molecule has 1 aromatic carbocycles. The number of nitrogens with two attached hydrogens (primary N) is 1. The molecule has 2 rings (SSSR count). The molecule has 0 bridgehead atoms. The van der Waals surface area contributed by atoms with Crippen molar-refractivity contribution in [2.75, 3.05) is 5.32 Å². The molecular formula is C12H16N4O2S. The summed E-state index contributed by atoms with van der Waals surface area (Å²) in [5.41, 5.74) is 0.815. The van der Waals surface area contributed by atoms with E-state index in [9.17, 15) is 8.42 Å². The number of nitrogens with zero attached hydrogens (tertiary/aromatic N) is 1. The number of hydrogen-bond acceptors (Lipinski definition) is 4. The van der Waals surface area contributed by atoms with Crippen LogP contribution in [-0.2, 0) is 10.0 Å². The molecule has 0 amide bonds. The highest BCUT2D eigenvalue weighted by atomic mass is 32.2. The molecule has 19 heavy (non-hydrogen) atoms. The monoisotopic (exact) mass is 280 g/mol. The molecule has 0 fully saturated rings. The lowest BCUT2D eigenvalue weighted by Crippen LogP contribution is -2.13. The highest BCUT2D eigenvalue weighted by Crippen LogP contribution is 2.20. The van der Waals surface area contributed by atoms with Crippen LogP contribution in [0.3, 0.4) is 0 Å². The van der Waals surface area contributed by atoms with Gasteiger partial charge < -0.3 is 10.3 Å². The topological polar surface area (TPSA) is 101 Å². The second-order valence-electron chi connectivity index (χ2n) is 4.15. The van der Waals surface area contributed by atoms with Gasteiger partial charge in [0, 0.05) is 18.1 Å². The lowest BCUT2D eigenvalue weighted by atomic mass is 10.2. The summed E-state index contributed by atoms with van der Waals surface area (Å²) in [5, 5.41) is 8.33. The van der Waals surface area contributed by atoms with Crippen LogP contribution in [0.1, 0.15) is 25.2 Å². The van der Waals surface area contributed by atoms with Crippen LogP contribution in [0.15, 0.2) is 41.6 Å². The van der Waals surface area contributed by atoms with E-state index in [0.717, 1.165) is 17.9 Å². The number of H-pyrrole nitrogens is 1. The van der Waals surface area contributed by atoms with Crippen molar-refractivity contribution < 1.29 is 8.42 Å². The lowest BCUT2D eigenvalue weighted by Gasteiger charge is -2.16. The number of aromatic nitrogens is 2. The normalized spacial score (nSPS) is 13.2. The average molecular weight is 280 g/mol. The molecule has 0 spiro atoms. The number of nitrogens with one attached hydrogen (secondary N) is 2. The van der Waals surface area contributed by atoms with Crippen LogP contribution in [0.4, 0.5) is 5.69 Å². The van der Waals surface area contributed by atoms with Crippen LogP contribution in [0.25, 0.3) is 0 Å². The molecule has 2 aromatic rings. The number of benzene rings is 1. The average Bonchev–Trinajstić information content (AvgIpc) is 2.89. The molecule has 1 aromatic heterocycles. The van der Waals surface area contributed by atoms with E-state index in [1.807, 2.05) is 6.92 Å². The van der Waals surface area contributed by atoms with Gasteiger partial charge in [0.15, 0.2) is 0 Å². The Hall–Kier alpha value is -1.86. The van der Waals surface area contributed by atoms with Crippen LogP contribution in [0, 0.1) is 0 Å². The highest BCUT2D eigenvalue weighted by molar-refractivity contribution is 7.89. The van der Waals surface area contributed by atoms with Crippen molar-refractivity contribution in [3.63, 3.8) is 0 Å². The number of sulfonamides is 1. The van der Waals surface area contributed by atoms with E-state index in [2.05, 4.69) is 15.3 Å². The van der Waals surface area contributed by atoms with Crippen molar-refractivity contribution in [2.45, 2.75) is 24.3 Å². The Morgan fingerprint density at radius 2 is 2.05 bits per heavy atom. The van der Waals surface area contributed by atoms with Crippen molar-refractivity contribution >= 4 is 15.7 Å². The first kappa shape index (κ1) is 13.6. The summed E-state index contributed by atoms with van der Waals surface area (Å²) in [6.07, 6.45) is 4.32. The first-order valence-corrected chi connectivity index (χ1v) is 7.44. The molecule has 0 aliphatic rings. The maximum absolute atomic E-state index is 11.2. The van der Waals surface area contributed by atoms with E-state index in [0.29, 0.717) is 0 Å². The summed E-state index contributed by atoms with van der Waals surface area (Å²) >= 11 is 0. The fourth-order valence-corrected chi connectivity index (χ4v) is 2.29. The molecule has 7 heteroatoms. The molecule has 1 atom stereocenters. The van der Waals surface area contributed by atoms with Crippen LogP contribution in [0.5, 0.6) is 0 Å². The summed E-state index contributed by atoms with van der Waals surface area (Å²) in [5.74, 6) is 0.845. The Morgan fingerprint density at radius 1 is 1.37 bits per heavy atom. The minimum atomic E-state index is -3.64. The van der Waals surface area contributed by atoms with E-state index in [1.54, 1.807) is 24.5 Å². The summed E-state index contributed by atoms with van der Waals surface area (Å²) in [7, 11) is -3.64. The van der Waals surface area contributed by atoms with Crippen LogP contribution in [-0.4, -0.2) is 18.4 Å². The minimum absolute atomic E-state index is 0.0512. The van der Waals surface area contributed by atoms with E-state index in [1.165, 1.54) is 12.1 Å². The molecule has 0 saturated carbocycles.